The number of rotatable bonds is 4. The summed E-state index contributed by atoms with van der Waals surface area (Å²) in [6.45, 7) is 2.75. The summed E-state index contributed by atoms with van der Waals surface area (Å²) in [4.78, 5) is 28.1. The second kappa shape index (κ2) is 7.31. The standard InChI is InChI=1S/C18H21N3O3/c22-16-10-14(11-17(23)20-16)18(24)19-15-6-8-21(9-7-15)12-13-4-2-1-3-5-13/h1-5,10-11,15H,6-9,12H2,(H,19,24)(H2,20,22,23). The number of hydrogen-bond donors (Lipinski definition) is 3. The van der Waals surface area contributed by atoms with Crippen molar-refractivity contribution < 1.29 is 9.90 Å². The number of carbonyl (C=O) groups is 1. The number of H-pyrrole nitrogens is 1. The molecule has 6 nitrogen and oxygen atoms in total. The second-order valence-electron chi connectivity index (χ2n) is 6.13. The molecular weight excluding hydrogens is 306 g/mol. The molecule has 1 aliphatic rings. The molecule has 0 radical (unpaired) electrons. The third-order valence-corrected chi connectivity index (χ3v) is 4.26. The smallest absolute Gasteiger partial charge is 0.251 e. The number of aromatic hydroxyl groups is 1. The normalized spacial score (nSPS) is 16.0. The number of pyridine rings is 1. The predicted octanol–water partition coefficient (Wildman–Crippen LogP) is 1.47. The molecule has 0 saturated carbocycles. The van der Waals surface area contributed by atoms with E-state index in [0.717, 1.165) is 32.5 Å². The van der Waals surface area contributed by atoms with Crippen LogP contribution in [0, 0.1) is 0 Å². The maximum atomic E-state index is 12.2. The first-order chi connectivity index (χ1) is 11.6. The molecular formula is C18H21N3O3. The fourth-order valence-electron chi connectivity index (χ4n) is 3.01. The van der Waals surface area contributed by atoms with E-state index in [2.05, 4.69) is 27.3 Å². The van der Waals surface area contributed by atoms with Crippen molar-refractivity contribution in [1.29, 1.82) is 0 Å². The van der Waals surface area contributed by atoms with Crippen LogP contribution in [0.5, 0.6) is 5.88 Å². The molecule has 0 aliphatic carbocycles. The highest BCUT2D eigenvalue weighted by Crippen LogP contribution is 2.14. The van der Waals surface area contributed by atoms with E-state index in [0.29, 0.717) is 0 Å². The van der Waals surface area contributed by atoms with Crippen molar-refractivity contribution >= 4 is 5.91 Å². The largest absolute Gasteiger partial charge is 0.494 e. The highest BCUT2D eigenvalue weighted by atomic mass is 16.3. The van der Waals surface area contributed by atoms with Gasteiger partial charge in [0.05, 0.1) is 5.56 Å². The Labute approximate surface area is 140 Å². The zero-order chi connectivity index (χ0) is 16.9. The molecule has 1 aromatic heterocycles. The summed E-state index contributed by atoms with van der Waals surface area (Å²) in [7, 11) is 0. The van der Waals surface area contributed by atoms with E-state index in [4.69, 9.17) is 0 Å². The summed E-state index contributed by atoms with van der Waals surface area (Å²) in [6, 6.07) is 12.9. The number of likely N-dealkylation sites (tertiary alicyclic amines) is 1. The molecule has 1 saturated heterocycles. The van der Waals surface area contributed by atoms with Gasteiger partial charge in [0.1, 0.15) is 0 Å². The maximum absolute atomic E-state index is 12.2. The van der Waals surface area contributed by atoms with Crippen LogP contribution in [0.4, 0.5) is 0 Å². The monoisotopic (exact) mass is 327 g/mol. The van der Waals surface area contributed by atoms with Crippen LogP contribution in [0.1, 0.15) is 28.8 Å². The molecule has 0 atom stereocenters. The average Bonchev–Trinajstić information content (AvgIpc) is 2.57. The summed E-state index contributed by atoms with van der Waals surface area (Å²) >= 11 is 0. The predicted molar refractivity (Wildman–Crippen MR) is 90.9 cm³/mol. The minimum absolute atomic E-state index is 0.0888. The Morgan fingerprint density at radius 2 is 1.92 bits per heavy atom. The maximum Gasteiger partial charge on any atom is 0.251 e. The summed E-state index contributed by atoms with van der Waals surface area (Å²) in [5.74, 6) is -0.622. The summed E-state index contributed by atoms with van der Waals surface area (Å²) in [6.07, 6.45) is 1.74. The van der Waals surface area contributed by atoms with Gasteiger partial charge in [-0.3, -0.25) is 19.5 Å². The van der Waals surface area contributed by atoms with Gasteiger partial charge in [0.25, 0.3) is 11.5 Å². The fraction of sp³-hybridized carbons (Fsp3) is 0.333. The topological polar surface area (TPSA) is 85.4 Å². The number of aromatic amines is 1. The lowest BCUT2D eigenvalue weighted by atomic mass is 10.0. The number of nitrogens with one attached hydrogen (secondary N) is 2. The van der Waals surface area contributed by atoms with E-state index in [1.54, 1.807) is 0 Å². The molecule has 1 aliphatic heterocycles. The molecule has 126 valence electrons. The summed E-state index contributed by atoms with van der Waals surface area (Å²) < 4.78 is 0. The fourth-order valence-corrected chi connectivity index (χ4v) is 3.01. The summed E-state index contributed by atoms with van der Waals surface area (Å²) in [5.41, 5.74) is 0.986. The van der Waals surface area contributed by atoms with E-state index in [1.807, 2.05) is 18.2 Å². The third-order valence-electron chi connectivity index (χ3n) is 4.26. The molecule has 3 rings (SSSR count). The number of benzene rings is 1. The first-order valence-corrected chi connectivity index (χ1v) is 8.10. The van der Waals surface area contributed by atoms with Gasteiger partial charge in [-0.1, -0.05) is 30.3 Å². The Morgan fingerprint density at radius 3 is 2.58 bits per heavy atom. The van der Waals surface area contributed by atoms with Gasteiger partial charge in [0, 0.05) is 37.8 Å². The molecule has 1 fully saturated rings. The number of amides is 1. The number of piperidine rings is 1. The third kappa shape index (κ3) is 4.23. The van der Waals surface area contributed by atoms with E-state index in [-0.39, 0.29) is 23.4 Å². The first-order valence-electron chi connectivity index (χ1n) is 8.10. The minimum Gasteiger partial charge on any atom is -0.494 e. The van der Waals surface area contributed by atoms with Gasteiger partial charge in [-0.25, -0.2) is 0 Å². The van der Waals surface area contributed by atoms with Crippen molar-refractivity contribution in [3.8, 4) is 5.88 Å². The first kappa shape index (κ1) is 16.3. The molecule has 24 heavy (non-hydrogen) atoms. The van der Waals surface area contributed by atoms with E-state index >= 15 is 0 Å². The molecule has 0 bridgehead atoms. The Kier molecular flexibility index (Phi) is 4.96. The van der Waals surface area contributed by atoms with Crippen LogP contribution in [0.3, 0.4) is 0 Å². The van der Waals surface area contributed by atoms with E-state index in [1.165, 1.54) is 17.7 Å². The van der Waals surface area contributed by atoms with Gasteiger partial charge < -0.3 is 10.4 Å². The lowest BCUT2D eigenvalue weighted by Crippen LogP contribution is -2.44. The number of nitrogens with zero attached hydrogens (tertiary/aromatic N) is 1. The number of aromatic nitrogens is 1. The zero-order valence-corrected chi connectivity index (χ0v) is 13.4. The van der Waals surface area contributed by atoms with Crippen molar-refractivity contribution in [1.82, 2.24) is 15.2 Å². The zero-order valence-electron chi connectivity index (χ0n) is 13.4. The van der Waals surface area contributed by atoms with Gasteiger partial charge >= 0.3 is 0 Å². The van der Waals surface area contributed by atoms with Gasteiger partial charge in [0.2, 0.25) is 0 Å². The highest BCUT2D eigenvalue weighted by Gasteiger charge is 2.21. The van der Waals surface area contributed by atoms with Crippen LogP contribution in [0.25, 0.3) is 0 Å². The van der Waals surface area contributed by atoms with Gasteiger partial charge in [0.15, 0.2) is 5.88 Å². The van der Waals surface area contributed by atoms with Crippen molar-refractivity contribution in [3.05, 3.63) is 63.9 Å². The van der Waals surface area contributed by atoms with Crippen LogP contribution in [0.15, 0.2) is 47.3 Å². The highest BCUT2D eigenvalue weighted by molar-refractivity contribution is 5.94. The van der Waals surface area contributed by atoms with Gasteiger partial charge in [-0.05, 0) is 18.4 Å². The number of hydrogen-bond acceptors (Lipinski definition) is 4. The minimum atomic E-state index is -0.488. The molecule has 1 amide bonds. The second-order valence-corrected chi connectivity index (χ2v) is 6.13. The van der Waals surface area contributed by atoms with Crippen molar-refractivity contribution in [2.45, 2.75) is 25.4 Å². The Hall–Kier alpha value is -2.60. The van der Waals surface area contributed by atoms with Crippen LogP contribution < -0.4 is 10.9 Å². The van der Waals surface area contributed by atoms with Crippen molar-refractivity contribution in [2.75, 3.05) is 13.1 Å². The lowest BCUT2D eigenvalue weighted by Gasteiger charge is -2.32. The molecule has 1 aromatic carbocycles. The molecule has 6 heteroatoms. The van der Waals surface area contributed by atoms with E-state index in [9.17, 15) is 14.7 Å². The van der Waals surface area contributed by atoms with Crippen LogP contribution in [0.2, 0.25) is 0 Å². The molecule has 2 aromatic rings. The van der Waals surface area contributed by atoms with E-state index < -0.39 is 5.56 Å². The lowest BCUT2D eigenvalue weighted by molar-refractivity contribution is 0.0908. The van der Waals surface area contributed by atoms with Crippen molar-refractivity contribution in [3.63, 3.8) is 0 Å². The molecule has 0 spiro atoms. The molecule has 3 N–H and O–H groups in total. The van der Waals surface area contributed by atoms with Crippen LogP contribution >= 0.6 is 0 Å². The SMILES string of the molecule is O=C(NC1CCN(Cc2ccccc2)CC1)c1cc(O)[nH]c(=O)c1. The van der Waals surface area contributed by atoms with Crippen molar-refractivity contribution in [2.24, 2.45) is 0 Å². The molecule has 0 unspecified atom stereocenters. The average molecular weight is 327 g/mol. The Balaban J connectivity index is 1.51. The Bertz CT molecular complexity index is 750. The summed E-state index contributed by atoms with van der Waals surface area (Å²) in [5, 5.41) is 12.3. The Morgan fingerprint density at radius 1 is 1.21 bits per heavy atom. The van der Waals surface area contributed by atoms with Crippen LogP contribution in [-0.2, 0) is 6.54 Å². The van der Waals surface area contributed by atoms with Gasteiger partial charge in [-0.2, -0.15) is 0 Å². The number of carbonyl (C=O) groups excluding carboxylic acids is 1. The van der Waals surface area contributed by atoms with Crippen LogP contribution in [-0.4, -0.2) is 40.0 Å². The molecule has 2 heterocycles. The quantitative estimate of drug-likeness (QED) is 0.794. The van der Waals surface area contributed by atoms with Gasteiger partial charge in [-0.15, -0.1) is 0 Å².